The first-order valence-electron chi connectivity index (χ1n) is 7.59. The van der Waals surface area contributed by atoms with E-state index in [1.807, 2.05) is 50.9 Å². The molecule has 1 aliphatic rings. The number of likely N-dealkylation sites (N-methyl/N-ethyl adjacent to an activating group) is 1. The van der Waals surface area contributed by atoms with Gasteiger partial charge in [-0.25, -0.2) is 0 Å². The Morgan fingerprint density at radius 3 is 2.38 bits per heavy atom. The lowest BCUT2D eigenvalue weighted by molar-refractivity contribution is -0.138. The van der Waals surface area contributed by atoms with Crippen molar-refractivity contribution in [1.82, 2.24) is 15.1 Å². The summed E-state index contributed by atoms with van der Waals surface area (Å²) in [5.41, 5.74) is 0.768. The molecule has 0 radical (unpaired) electrons. The molecule has 0 aromatic rings. The molecule has 0 bridgehead atoms. The first-order chi connectivity index (χ1) is 9.94. The molecular formula is C17H29N3O. The van der Waals surface area contributed by atoms with Crippen LogP contribution in [0.3, 0.4) is 0 Å². The highest BCUT2D eigenvalue weighted by atomic mass is 16.2. The second-order valence-corrected chi connectivity index (χ2v) is 5.92. The molecule has 21 heavy (non-hydrogen) atoms. The number of piperazine rings is 1. The Morgan fingerprint density at radius 1 is 1.29 bits per heavy atom. The van der Waals surface area contributed by atoms with Crippen molar-refractivity contribution in [3.63, 3.8) is 0 Å². The van der Waals surface area contributed by atoms with Crippen molar-refractivity contribution >= 4 is 5.91 Å². The Balaban J connectivity index is 2.54. The van der Waals surface area contributed by atoms with Crippen LogP contribution in [0.25, 0.3) is 0 Å². The first-order valence-corrected chi connectivity index (χ1v) is 7.59. The summed E-state index contributed by atoms with van der Waals surface area (Å²) in [6.07, 6.45) is 8.03. The maximum absolute atomic E-state index is 12.4. The van der Waals surface area contributed by atoms with E-state index >= 15 is 0 Å². The van der Waals surface area contributed by atoms with Crippen molar-refractivity contribution in [1.29, 1.82) is 0 Å². The van der Waals surface area contributed by atoms with Gasteiger partial charge in [0, 0.05) is 32.7 Å². The van der Waals surface area contributed by atoms with Crippen molar-refractivity contribution in [3.8, 4) is 0 Å². The van der Waals surface area contributed by atoms with Crippen molar-refractivity contribution in [2.75, 3.05) is 39.8 Å². The number of nitrogens with zero attached hydrogens (tertiary/aromatic N) is 2. The summed E-state index contributed by atoms with van der Waals surface area (Å²) in [6, 6.07) is 0. The Bertz CT molecular complexity index is 416. The summed E-state index contributed by atoms with van der Waals surface area (Å²) in [4.78, 5) is 16.7. The molecule has 1 heterocycles. The summed E-state index contributed by atoms with van der Waals surface area (Å²) >= 11 is 0. The van der Waals surface area contributed by atoms with Gasteiger partial charge < -0.3 is 10.2 Å². The second kappa shape index (κ2) is 8.15. The molecule has 0 saturated carbocycles. The van der Waals surface area contributed by atoms with Gasteiger partial charge in [-0.1, -0.05) is 30.9 Å². The molecule has 4 heteroatoms. The van der Waals surface area contributed by atoms with Gasteiger partial charge in [0.25, 0.3) is 0 Å². The Hall–Kier alpha value is -1.39. The molecule has 0 unspecified atom stereocenters. The highest BCUT2D eigenvalue weighted by Gasteiger charge is 2.32. The first kappa shape index (κ1) is 17.7. The minimum atomic E-state index is -0.485. The highest BCUT2D eigenvalue weighted by Crippen LogP contribution is 2.12. The van der Waals surface area contributed by atoms with Crippen LogP contribution in [0.2, 0.25) is 0 Å². The van der Waals surface area contributed by atoms with Gasteiger partial charge in [-0.2, -0.15) is 0 Å². The lowest BCUT2D eigenvalue weighted by Crippen LogP contribution is -2.57. The van der Waals surface area contributed by atoms with Gasteiger partial charge >= 0.3 is 0 Å². The van der Waals surface area contributed by atoms with Gasteiger partial charge in [-0.05, 0) is 33.4 Å². The van der Waals surface area contributed by atoms with Gasteiger partial charge in [0.15, 0.2) is 0 Å². The fourth-order valence-electron chi connectivity index (χ4n) is 2.40. The van der Waals surface area contributed by atoms with Gasteiger partial charge in [-0.15, -0.1) is 0 Å². The minimum absolute atomic E-state index is 0.181. The topological polar surface area (TPSA) is 35.6 Å². The molecule has 1 amide bonds. The Labute approximate surface area is 129 Å². The molecule has 0 aliphatic carbocycles. The quantitative estimate of drug-likeness (QED) is 0.758. The average Bonchev–Trinajstić information content (AvgIpc) is 2.48. The van der Waals surface area contributed by atoms with Gasteiger partial charge in [0.1, 0.15) is 0 Å². The molecule has 1 aliphatic heterocycles. The minimum Gasteiger partial charge on any atom is -0.339 e. The van der Waals surface area contributed by atoms with Crippen molar-refractivity contribution in [2.24, 2.45) is 0 Å². The fraction of sp³-hybridized carbons (Fsp3) is 0.588. The molecular weight excluding hydrogens is 262 g/mol. The van der Waals surface area contributed by atoms with Crippen LogP contribution in [-0.4, -0.2) is 61.0 Å². The van der Waals surface area contributed by atoms with E-state index < -0.39 is 5.54 Å². The molecule has 4 nitrogen and oxygen atoms in total. The van der Waals surface area contributed by atoms with E-state index in [4.69, 9.17) is 0 Å². The smallest absolute Gasteiger partial charge is 0.242 e. The third-order valence-corrected chi connectivity index (χ3v) is 3.94. The van der Waals surface area contributed by atoms with Crippen LogP contribution in [-0.2, 0) is 4.79 Å². The molecule has 1 saturated heterocycles. The van der Waals surface area contributed by atoms with Gasteiger partial charge in [0.05, 0.1) is 5.54 Å². The summed E-state index contributed by atoms with van der Waals surface area (Å²) in [6.45, 7) is 14.0. The Kier molecular flexibility index (Phi) is 6.85. The molecule has 1 fully saturated rings. The third-order valence-electron chi connectivity index (χ3n) is 3.94. The van der Waals surface area contributed by atoms with E-state index in [1.165, 1.54) is 5.57 Å². The summed E-state index contributed by atoms with van der Waals surface area (Å²) in [7, 11) is 1.83. The zero-order valence-electron chi connectivity index (χ0n) is 13.9. The summed E-state index contributed by atoms with van der Waals surface area (Å²) in [5, 5.41) is 3.08. The normalized spacial score (nSPS) is 18.3. The zero-order valence-corrected chi connectivity index (χ0v) is 13.9. The van der Waals surface area contributed by atoms with Crippen molar-refractivity contribution in [2.45, 2.75) is 26.3 Å². The zero-order chi connectivity index (χ0) is 15.9. The third kappa shape index (κ3) is 5.14. The lowest BCUT2D eigenvalue weighted by atomic mass is 10.0. The highest BCUT2D eigenvalue weighted by molar-refractivity contribution is 5.85. The number of hydrogen-bond donors (Lipinski definition) is 1. The van der Waals surface area contributed by atoms with E-state index in [0.29, 0.717) is 0 Å². The van der Waals surface area contributed by atoms with Gasteiger partial charge in [-0.3, -0.25) is 9.69 Å². The van der Waals surface area contributed by atoms with E-state index in [1.54, 1.807) is 0 Å². The monoisotopic (exact) mass is 291 g/mol. The van der Waals surface area contributed by atoms with Crippen molar-refractivity contribution in [3.05, 3.63) is 36.5 Å². The number of amides is 1. The Morgan fingerprint density at radius 2 is 1.90 bits per heavy atom. The molecule has 1 rings (SSSR count). The summed E-state index contributed by atoms with van der Waals surface area (Å²) < 4.78 is 0. The molecule has 0 aromatic heterocycles. The van der Waals surface area contributed by atoms with E-state index in [0.717, 1.165) is 32.7 Å². The maximum atomic E-state index is 12.4. The number of allylic oxidation sites excluding steroid dienone is 3. The second-order valence-electron chi connectivity index (χ2n) is 5.92. The van der Waals surface area contributed by atoms with Crippen molar-refractivity contribution < 1.29 is 4.79 Å². The van der Waals surface area contributed by atoms with Crippen LogP contribution in [0, 0.1) is 0 Å². The predicted molar refractivity (Wildman–Crippen MR) is 89.3 cm³/mol. The van der Waals surface area contributed by atoms with Crippen LogP contribution in [0.1, 0.15) is 20.8 Å². The number of nitrogens with one attached hydrogen (secondary N) is 1. The molecule has 0 atom stereocenters. The lowest BCUT2D eigenvalue weighted by Gasteiger charge is -2.38. The van der Waals surface area contributed by atoms with Crippen LogP contribution >= 0.6 is 0 Å². The van der Waals surface area contributed by atoms with E-state index in [9.17, 15) is 4.79 Å². The SMILES string of the molecule is C=C/C=C(\C=C/C)CN1CCN(C(=O)C(C)(C)NC)CC1. The predicted octanol–water partition coefficient (Wildman–Crippen LogP) is 1.82. The van der Waals surface area contributed by atoms with E-state index in [-0.39, 0.29) is 5.91 Å². The number of carbonyl (C=O) groups excluding carboxylic acids is 1. The molecule has 0 spiro atoms. The summed E-state index contributed by atoms with van der Waals surface area (Å²) in [5.74, 6) is 0.181. The molecule has 0 aromatic carbocycles. The number of carbonyl (C=O) groups is 1. The fourth-order valence-corrected chi connectivity index (χ4v) is 2.40. The van der Waals surface area contributed by atoms with Crippen LogP contribution in [0.15, 0.2) is 36.5 Å². The maximum Gasteiger partial charge on any atom is 0.242 e. The van der Waals surface area contributed by atoms with Crippen LogP contribution < -0.4 is 5.32 Å². The number of rotatable bonds is 6. The van der Waals surface area contributed by atoms with Gasteiger partial charge in [0.2, 0.25) is 5.91 Å². The molecule has 118 valence electrons. The van der Waals surface area contributed by atoms with Crippen LogP contribution in [0.4, 0.5) is 0 Å². The van der Waals surface area contributed by atoms with E-state index in [2.05, 4.69) is 22.9 Å². The average molecular weight is 291 g/mol. The number of hydrogen-bond acceptors (Lipinski definition) is 3. The molecule has 1 N–H and O–H groups in total. The van der Waals surface area contributed by atoms with Crippen LogP contribution in [0.5, 0.6) is 0 Å². The standard InChI is InChI=1S/C17H29N3O/c1-6-8-15(9-7-2)14-19-10-12-20(13-11-19)16(21)17(3,4)18-5/h6-9,18H,1,10-14H2,2-5H3/b9-7-,15-8+. The largest absolute Gasteiger partial charge is 0.339 e.